The normalized spacial score (nSPS) is 11.5. The predicted molar refractivity (Wildman–Crippen MR) is 57.5 cm³/mol. The highest BCUT2D eigenvalue weighted by molar-refractivity contribution is 7.07. The molecule has 1 rings (SSSR count). The van der Waals surface area contributed by atoms with E-state index < -0.39 is 0 Å². The van der Waals surface area contributed by atoms with Crippen LogP contribution in [0, 0.1) is 5.92 Å². The molecule has 13 heavy (non-hydrogen) atoms. The van der Waals surface area contributed by atoms with Gasteiger partial charge in [0.1, 0.15) is 0 Å². The summed E-state index contributed by atoms with van der Waals surface area (Å²) in [6.07, 6.45) is 0.997. The fourth-order valence-corrected chi connectivity index (χ4v) is 2.34. The Morgan fingerprint density at radius 1 is 1.38 bits per heavy atom. The molecule has 0 radical (unpaired) electrons. The van der Waals surface area contributed by atoms with Crippen molar-refractivity contribution >= 4 is 11.3 Å². The summed E-state index contributed by atoms with van der Waals surface area (Å²) in [5, 5.41) is 1.99. The number of hydrogen-bond acceptors (Lipinski definition) is 2. The Morgan fingerprint density at radius 3 is 2.46 bits per heavy atom. The molecule has 0 unspecified atom stereocenters. The van der Waals surface area contributed by atoms with Crippen molar-refractivity contribution in [1.82, 2.24) is 4.57 Å². The zero-order valence-electron chi connectivity index (χ0n) is 8.70. The van der Waals surface area contributed by atoms with E-state index in [4.69, 9.17) is 0 Å². The minimum Gasteiger partial charge on any atom is -0.301 e. The topological polar surface area (TPSA) is 22.0 Å². The van der Waals surface area contributed by atoms with Crippen molar-refractivity contribution in [3.05, 3.63) is 20.7 Å². The molecule has 0 saturated heterocycles. The lowest BCUT2D eigenvalue weighted by atomic mass is 10.1. The van der Waals surface area contributed by atoms with E-state index in [-0.39, 0.29) is 10.9 Å². The van der Waals surface area contributed by atoms with E-state index in [1.807, 2.05) is 9.95 Å². The molecule has 0 fully saturated rings. The molecule has 1 aromatic rings. The zero-order valence-corrected chi connectivity index (χ0v) is 9.52. The van der Waals surface area contributed by atoms with Crippen molar-refractivity contribution in [1.29, 1.82) is 0 Å². The van der Waals surface area contributed by atoms with Crippen LogP contribution in [0.1, 0.15) is 39.4 Å². The lowest BCUT2D eigenvalue weighted by molar-refractivity contribution is 0.530. The standard InChI is InChI=1S/C10H17NOS/c1-7(2)5-9-6-13-10(12)11(9)8(3)4/h6-8H,5H2,1-4H3. The molecule has 1 heterocycles. The summed E-state index contributed by atoms with van der Waals surface area (Å²) in [6.45, 7) is 8.45. The van der Waals surface area contributed by atoms with Gasteiger partial charge in [-0.05, 0) is 26.2 Å². The molecule has 0 aliphatic heterocycles. The van der Waals surface area contributed by atoms with Gasteiger partial charge in [-0.1, -0.05) is 25.2 Å². The van der Waals surface area contributed by atoms with Gasteiger partial charge >= 0.3 is 4.87 Å². The fraction of sp³-hybridized carbons (Fsp3) is 0.700. The van der Waals surface area contributed by atoms with Gasteiger partial charge in [-0.3, -0.25) is 4.79 Å². The van der Waals surface area contributed by atoms with E-state index >= 15 is 0 Å². The molecule has 2 nitrogen and oxygen atoms in total. The molecule has 0 saturated carbocycles. The molecule has 0 bridgehead atoms. The van der Waals surface area contributed by atoms with Crippen LogP contribution in [-0.4, -0.2) is 4.57 Å². The van der Waals surface area contributed by atoms with Crippen LogP contribution in [0.5, 0.6) is 0 Å². The average Bonchev–Trinajstić information content (AvgIpc) is 2.30. The van der Waals surface area contributed by atoms with Crippen molar-refractivity contribution in [2.75, 3.05) is 0 Å². The number of aromatic nitrogens is 1. The van der Waals surface area contributed by atoms with Crippen LogP contribution in [0.15, 0.2) is 10.2 Å². The third-order valence-corrected chi connectivity index (χ3v) is 2.72. The summed E-state index contributed by atoms with van der Waals surface area (Å²) >= 11 is 1.31. The third-order valence-electron chi connectivity index (χ3n) is 1.94. The van der Waals surface area contributed by atoms with E-state index in [2.05, 4.69) is 27.7 Å². The SMILES string of the molecule is CC(C)Cc1csc(=O)n1C(C)C. The quantitative estimate of drug-likeness (QED) is 0.733. The Bertz CT molecular complexity index is 322. The van der Waals surface area contributed by atoms with E-state index in [1.54, 1.807) is 0 Å². The first-order valence-corrected chi connectivity index (χ1v) is 5.59. The minimum atomic E-state index is 0.172. The highest BCUT2D eigenvalue weighted by Crippen LogP contribution is 2.13. The van der Waals surface area contributed by atoms with Gasteiger partial charge in [-0.25, -0.2) is 0 Å². The summed E-state index contributed by atoms with van der Waals surface area (Å²) < 4.78 is 1.89. The lowest BCUT2D eigenvalue weighted by Gasteiger charge is -2.12. The van der Waals surface area contributed by atoms with E-state index in [0.717, 1.165) is 6.42 Å². The van der Waals surface area contributed by atoms with Gasteiger partial charge in [0.05, 0.1) is 0 Å². The molecule has 0 N–H and O–H groups in total. The van der Waals surface area contributed by atoms with Crippen molar-refractivity contribution in [3.8, 4) is 0 Å². The molecule has 3 heteroatoms. The Balaban J connectivity index is 3.01. The van der Waals surface area contributed by atoms with Crippen molar-refractivity contribution in [2.45, 2.75) is 40.2 Å². The summed E-state index contributed by atoms with van der Waals surface area (Å²) in [5.74, 6) is 0.610. The molecule has 0 aliphatic carbocycles. The highest BCUT2D eigenvalue weighted by atomic mass is 32.1. The van der Waals surface area contributed by atoms with Crippen molar-refractivity contribution in [2.24, 2.45) is 5.92 Å². The van der Waals surface area contributed by atoms with Gasteiger partial charge < -0.3 is 4.57 Å². The Kier molecular flexibility index (Phi) is 3.31. The predicted octanol–water partition coefficient (Wildman–Crippen LogP) is 2.69. The van der Waals surface area contributed by atoms with Crippen molar-refractivity contribution < 1.29 is 0 Å². The summed E-state index contributed by atoms with van der Waals surface area (Å²) in [4.78, 5) is 11.6. The second kappa shape index (κ2) is 4.09. The fourth-order valence-electron chi connectivity index (χ4n) is 1.46. The minimum absolute atomic E-state index is 0.172. The monoisotopic (exact) mass is 199 g/mol. The largest absolute Gasteiger partial charge is 0.307 e. The van der Waals surface area contributed by atoms with Crippen LogP contribution >= 0.6 is 11.3 Å². The first-order valence-electron chi connectivity index (χ1n) is 4.71. The van der Waals surface area contributed by atoms with Gasteiger partial charge in [-0.2, -0.15) is 0 Å². The van der Waals surface area contributed by atoms with E-state index in [9.17, 15) is 4.79 Å². The molecule has 1 aromatic heterocycles. The molecule has 0 atom stereocenters. The van der Waals surface area contributed by atoms with Crippen LogP contribution in [0.3, 0.4) is 0 Å². The Labute approximate surface area is 83.2 Å². The maximum absolute atomic E-state index is 11.4. The highest BCUT2D eigenvalue weighted by Gasteiger charge is 2.10. The molecule has 0 amide bonds. The van der Waals surface area contributed by atoms with Gasteiger partial charge in [-0.15, -0.1) is 0 Å². The number of nitrogens with zero attached hydrogens (tertiary/aromatic N) is 1. The van der Waals surface area contributed by atoms with Crippen LogP contribution in [0.2, 0.25) is 0 Å². The van der Waals surface area contributed by atoms with Gasteiger partial charge in [0.15, 0.2) is 0 Å². The zero-order chi connectivity index (χ0) is 10.0. The molecular formula is C10H17NOS. The molecule has 74 valence electrons. The number of hydrogen-bond donors (Lipinski definition) is 0. The van der Waals surface area contributed by atoms with Gasteiger partial charge in [0, 0.05) is 17.1 Å². The number of rotatable bonds is 3. The Hall–Kier alpha value is -0.570. The molecule has 0 spiro atoms. The van der Waals surface area contributed by atoms with Gasteiger partial charge in [0.25, 0.3) is 0 Å². The van der Waals surface area contributed by atoms with Crippen LogP contribution in [0.4, 0.5) is 0 Å². The van der Waals surface area contributed by atoms with Crippen LogP contribution in [0.25, 0.3) is 0 Å². The second-order valence-corrected chi connectivity index (χ2v) is 4.88. The first kappa shape index (κ1) is 10.5. The Morgan fingerprint density at radius 2 is 2.00 bits per heavy atom. The lowest BCUT2D eigenvalue weighted by Crippen LogP contribution is -2.18. The molecular weight excluding hydrogens is 182 g/mol. The van der Waals surface area contributed by atoms with Crippen LogP contribution < -0.4 is 4.87 Å². The van der Waals surface area contributed by atoms with E-state index in [0.29, 0.717) is 5.92 Å². The summed E-state index contributed by atoms with van der Waals surface area (Å²) in [6, 6.07) is 0.285. The molecule has 0 aliphatic rings. The first-order chi connectivity index (χ1) is 6.02. The maximum Gasteiger partial charge on any atom is 0.307 e. The average molecular weight is 199 g/mol. The maximum atomic E-state index is 11.4. The van der Waals surface area contributed by atoms with Crippen molar-refractivity contribution in [3.63, 3.8) is 0 Å². The molecule has 0 aromatic carbocycles. The summed E-state index contributed by atoms with van der Waals surface area (Å²) in [5.41, 5.74) is 1.18. The second-order valence-electron chi connectivity index (χ2n) is 4.05. The number of thiazole rings is 1. The van der Waals surface area contributed by atoms with Crippen LogP contribution in [-0.2, 0) is 6.42 Å². The summed E-state index contributed by atoms with van der Waals surface area (Å²) in [7, 11) is 0. The van der Waals surface area contributed by atoms with Gasteiger partial charge in [0.2, 0.25) is 0 Å². The third kappa shape index (κ3) is 2.44. The van der Waals surface area contributed by atoms with E-state index in [1.165, 1.54) is 17.0 Å². The smallest absolute Gasteiger partial charge is 0.301 e.